The van der Waals surface area contributed by atoms with Gasteiger partial charge in [-0.2, -0.15) is 0 Å². The van der Waals surface area contributed by atoms with Gasteiger partial charge < -0.3 is 5.11 Å². The van der Waals surface area contributed by atoms with E-state index >= 15 is 0 Å². The van der Waals surface area contributed by atoms with Crippen LogP contribution in [0.1, 0.15) is 66.2 Å². The zero-order chi connectivity index (χ0) is 11.5. The predicted octanol–water partition coefficient (Wildman–Crippen LogP) is 4.00. The van der Waals surface area contributed by atoms with Gasteiger partial charge in [-0.3, -0.25) is 0 Å². The molecule has 0 aromatic carbocycles. The highest BCUT2D eigenvalue weighted by molar-refractivity contribution is 4.91. The van der Waals surface area contributed by atoms with Crippen LogP contribution in [0.25, 0.3) is 0 Å². The van der Waals surface area contributed by atoms with Crippen molar-refractivity contribution in [1.82, 2.24) is 0 Å². The van der Waals surface area contributed by atoms with E-state index in [0.717, 1.165) is 12.3 Å². The van der Waals surface area contributed by atoms with Crippen LogP contribution in [0, 0.1) is 17.8 Å². The Morgan fingerprint density at radius 3 is 2.40 bits per heavy atom. The number of aliphatic hydroxyl groups is 1. The highest BCUT2D eigenvalue weighted by Crippen LogP contribution is 2.41. The van der Waals surface area contributed by atoms with E-state index in [1.54, 1.807) is 0 Å². The fourth-order valence-corrected chi connectivity index (χ4v) is 3.28. The molecule has 0 saturated heterocycles. The van der Waals surface area contributed by atoms with Gasteiger partial charge in [-0.05, 0) is 37.0 Å². The summed E-state index contributed by atoms with van der Waals surface area (Å²) in [6.45, 7) is 8.75. The summed E-state index contributed by atoms with van der Waals surface area (Å²) in [7, 11) is 0. The zero-order valence-electron chi connectivity index (χ0n) is 10.9. The molecule has 1 fully saturated rings. The molecule has 0 aromatic rings. The first-order chi connectivity index (χ1) is 7.04. The van der Waals surface area contributed by atoms with Gasteiger partial charge >= 0.3 is 0 Å². The molecule has 0 bridgehead atoms. The first-order valence-corrected chi connectivity index (χ1v) is 6.76. The average molecular weight is 212 g/mol. The van der Waals surface area contributed by atoms with Gasteiger partial charge in [-0.15, -0.1) is 0 Å². The molecule has 15 heavy (non-hydrogen) atoms. The van der Waals surface area contributed by atoms with Crippen LogP contribution in [-0.2, 0) is 0 Å². The maximum Gasteiger partial charge on any atom is 0.0696 e. The van der Waals surface area contributed by atoms with Crippen LogP contribution in [0.5, 0.6) is 0 Å². The molecule has 1 aliphatic carbocycles. The smallest absolute Gasteiger partial charge is 0.0696 e. The summed E-state index contributed by atoms with van der Waals surface area (Å²) in [5.74, 6) is 1.80. The topological polar surface area (TPSA) is 20.2 Å². The fourth-order valence-electron chi connectivity index (χ4n) is 3.28. The van der Waals surface area contributed by atoms with Crippen LogP contribution in [0.3, 0.4) is 0 Å². The van der Waals surface area contributed by atoms with Crippen LogP contribution < -0.4 is 0 Å². The van der Waals surface area contributed by atoms with Gasteiger partial charge in [-0.1, -0.05) is 47.0 Å². The Morgan fingerprint density at radius 1 is 1.27 bits per heavy atom. The van der Waals surface area contributed by atoms with Crippen molar-refractivity contribution >= 4 is 0 Å². The van der Waals surface area contributed by atoms with Gasteiger partial charge in [0.15, 0.2) is 0 Å². The van der Waals surface area contributed by atoms with Crippen LogP contribution in [0.4, 0.5) is 0 Å². The molecule has 1 nitrogen and oxygen atoms in total. The Kier molecular flexibility index (Phi) is 4.64. The molecule has 0 aromatic heterocycles. The molecule has 1 N–H and O–H groups in total. The first kappa shape index (κ1) is 13.0. The minimum absolute atomic E-state index is 0.392. The Labute approximate surface area is 95.3 Å². The van der Waals surface area contributed by atoms with Crippen molar-refractivity contribution in [3.05, 3.63) is 0 Å². The van der Waals surface area contributed by atoms with Crippen LogP contribution in [-0.4, -0.2) is 10.7 Å². The van der Waals surface area contributed by atoms with Crippen molar-refractivity contribution < 1.29 is 5.11 Å². The van der Waals surface area contributed by atoms with E-state index in [2.05, 4.69) is 27.7 Å². The third kappa shape index (κ3) is 2.75. The standard InChI is InChI=1S/C14H28O/c1-5-12-8-7-9-13(10-12)14(15,6-2)11(3)4/h11-13,15H,5-10H2,1-4H3. The summed E-state index contributed by atoms with van der Waals surface area (Å²) in [5.41, 5.74) is -0.409. The Hall–Kier alpha value is -0.0400. The highest BCUT2D eigenvalue weighted by Gasteiger charge is 2.39. The summed E-state index contributed by atoms with van der Waals surface area (Å²) in [5, 5.41) is 10.7. The van der Waals surface area contributed by atoms with Crippen molar-refractivity contribution in [3.63, 3.8) is 0 Å². The second kappa shape index (κ2) is 5.34. The molecule has 0 amide bonds. The summed E-state index contributed by atoms with van der Waals surface area (Å²) in [4.78, 5) is 0. The molecule has 3 unspecified atom stereocenters. The largest absolute Gasteiger partial charge is 0.389 e. The lowest BCUT2D eigenvalue weighted by molar-refractivity contribution is -0.0802. The summed E-state index contributed by atoms with van der Waals surface area (Å²) < 4.78 is 0. The molecular weight excluding hydrogens is 184 g/mol. The Bertz CT molecular complexity index is 188. The third-order valence-corrected chi connectivity index (χ3v) is 4.63. The van der Waals surface area contributed by atoms with Crippen LogP contribution >= 0.6 is 0 Å². The summed E-state index contributed by atoms with van der Waals surface area (Å²) in [6, 6.07) is 0. The number of rotatable bonds is 4. The van der Waals surface area contributed by atoms with E-state index in [1.165, 1.54) is 32.1 Å². The highest BCUT2D eigenvalue weighted by atomic mass is 16.3. The molecule has 3 atom stereocenters. The maximum absolute atomic E-state index is 10.7. The molecule has 0 aliphatic heterocycles. The molecule has 0 spiro atoms. The van der Waals surface area contributed by atoms with Gasteiger partial charge in [0.2, 0.25) is 0 Å². The first-order valence-electron chi connectivity index (χ1n) is 6.76. The number of hydrogen-bond donors (Lipinski definition) is 1. The van der Waals surface area contributed by atoms with Crippen LogP contribution in [0.2, 0.25) is 0 Å². The SMILES string of the molecule is CCC1CCCC(C(O)(CC)C(C)C)C1. The Balaban J connectivity index is 2.67. The van der Waals surface area contributed by atoms with Crippen molar-refractivity contribution in [1.29, 1.82) is 0 Å². The lowest BCUT2D eigenvalue weighted by Crippen LogP contribution is -2.44. The minimum atomic E-state index is -0.409. The zero-order valence-corrected chi connectivity index (χ0v) is 10.9. The monoisotopic (exact) mass is 212 g/mol. The van der Waals surface area contributed by atoms with Crippen molar-refractivity contribution in [2.45, 2.75) is 71.8 Å². The van der Waals surface area contributed by atoms with Gasteiger partial charge in [0.1, 0.15) is 0 Å². The second-order valence-electron chi connectivity index (χ2n) is 5.64. The van der Waals surface area contributed by atoms with Crippen molar-refractivity contribution in [2.75, 3.05) is 0 Å². The molecular formula is C14H28O. The van der Waals surface area contributed by atoms with E-state index < -0.39 is 5.60 Å². The normalized spacial score (nSPS) is 31.6. The number of hydrogen-bond acceptors (Lipinski definition) is 1. The van der Waals surface area contributed by atoms with E-state index in [0.29, 0.717) is 11.8 Å². The van der Waals surface area contributed by atoms with Gasteiger partial charge in [0.05, 0.1) is 5.60 Å². The predicted molar refractivity (Wildman–Crippen MR) is 65.8 cm³/mol. The molecule has 1 rings (SSSR count). The summed E-state index contributed by atoms with van der Waals surface area (Å²) in [6.07, 6.45) is 7.38. The summed E-state index contributed by atoms with van der Waals surface area (Å²) >= 11 is 0. The molecule has 0 radical (unpaired) electrons. The fraction of sp³-hybridized carbons (Fsp3) is 1.00. The minimum Gasteiger partial charge on any atom is -0.389 e. The van der Waals surface area contributed by atoms with E-state index in [9.17, 15) is 5.11 Å². The lowest BCUT2D eigenvalue weighted by Gasteiger charge is -2.43. The van der Waals surface area contributed by atoms with E-state index in [1.807, 2.05) is 0 Å². The second-order valence-corrected chi connectivity index (χ2v) is 5.64. The quantitative estimate of drug-likeness (QED) is 0.747. The van der Waals surface area contributed by atoms with E-state index in [-0.39, 0.29) is 0 Å². The molecule has 0 heterocycles. The lowest BCUT2D eigenvalue weighted by atomic mass is 9.67. The molecule has 90 valence electrons. The Morgan fingerprint density at radius 2 is 1.93 bits per heavy atom. The maximum atomic E-state index is 10.7. The molecule has 1 heteroatoms. The van der Waals surface area contributed by atoms with Gasteiger partial charge in [0.25, 0.3) is 0 Å². The average Bonchev–Trinajstić information content (AvgIpc) is 2.27. The van der Waals surface area contributed by atoms with Crippen molar-refractivity contribution in [2.24, 2.45) is 17.8 Å². The van der Waals surface area contributed by atoms with Gasteiger partial charge in [0, 0.05) is 0 Å². The van der Waals surface area contributed by atoms with Crippen LogP contribution in [0.15, 0.2) is 0 Å². The van der Waals surface area contributed by atoms with Crippen molar-refractivity contribution in [3.8, 4) is 0 Å². The van der Waals surface area contributed by atoms with Gasteiger partial charge in [-0.25, -0.2) is 0 Å². The van der Waals surface area contributed by atoms with E-state index in [4.69, 9.17) is 0 Å². The third-order valence-electron chi connectivity index (χ3n) is 4.63. The molecule has 1 aliphatic rings. The molecule has 1 saturated carbocycles.